The summed E-state index contributed by atoms with van der Waals surface area (Å²) in [4.78, 5) is 39.8. The number of esters is 2. The number of fused-ring (bicyclic) bond motifs is 7. The molecule has 14 N–H and O–H groups in total. The first-order valence-corrected chi connectivity index (χ1v) is 30.9. The maximum absolute atomic E-state index is 13.5. The van der Waals surface area contributed by atoms with Crippen molar-refractivity contribution in [3.8, 4) is 0 Å². The number of aliphatic hydroxyl groups is 13. The Balaban J connectivity index is 1.05. The van der Waals surface area contributed by atoms with E-state index in [1.54, 1.807) is 19.9 Å². The van der Waals surface area contributed by atoms with Gasteiger partial charge in [0.1, 0.15) is 97.7 Å². The smallest absolute Gasteiger partial charge is 0.335 e. The highest BCUT2D eigenvalue weighted by Gasteiger charge is 2.74. The van der Waals surface area contributed by atoms with Crippen molar-refractivity contribution in [3.05, 3.63) is 23.3 Å². The Bertz CT molecular complexity index is 2580. The van der Waals surface area contributed by atoms with Crippen LogP contribution < -0.4 is 0 Å². The zero-order chi connectivity index (χ0) is 65.0. The number of hydrogen-bond acceptors (Lipinski definition) is 26. The quantitative estimate of drug-likeness (QED) is 0.0386. The van der Waals surface area contributed by atoms with Crippen LogP contribution in [-0.2, 0) is 61.8 Å². The Labute approximate surface area is 511 Å². The minimum atomic E-state index is -2.29. The second-order valence-corrected chi connectivity index (χ2v) is 28.5. The molecule has 0 spiro atoms. The van der Waals surface area contributed by atoms with Crippen molar-refractivity contribution in [1.82, 2.24) is 0 Å². The molecule has 31 atom stereocenters. The van der Waals surface area contributed by atoms with Crippen LogP contribution in [0.3, 0.4) is 0 Å². The van der Waals surface area contributed by atoms with Gasteiger partial charge in [-0.1, -0.05) is 66.2 Å². The molecular weight excluding hydrogens is 1160 g/mol. The summed E-state index contributed by atoms with van der Waals surface area (Å²) in [5.74, 6) is -3.67. The van der Waals surface area contributed by atoms with Crippen LogP contribution in [0.2, 0.25) is 0 Å². The molecule has 4 saturated carbocycles. The van der Waals surface area contributed by atoms with E-state index in [9.17, 15) is 85.9 Å². The summed E-state index contributed by atoms with van der Waals surface area (Å²) in [6.07, 6.45) is -35.3. The number of carbonyl (C=O) groups is 3. The Kier molecular flexibility index (Phi) is 20.0. The van der Waals surface area contributed by atoms with Gasteiger partial charge in [0.15, 0.2) is 31.3 Å². The maximum Gasteiger partial charge on any atom is 0.335 e. The van der Waals surface area contributed by atoms with Gasteiger partial charge >= 0.3 is 17.9 Å². The number of aliphatic hydroxyl groups excluding tert-OH is 13. The van der Waals surface area contributed by atoms with Gasteiger partial charge in [0, 0.05) is 17.9 Å². The van der Waals surface area contributed by atoms with Gasteiger partial charge in [0.2, 0.25) is 0 Å². The van der Waals surface area contributed by atoms with Crippen molar-refractivity contribution >= 4 is 17.9 Å². The fourth-order valence-electron chi connectivity index (χ4n) is 17.6. The van der Waals surface area contributed by atoms with Crippen LogP contribution in [0.5, 0.6) is 0 Å². The number of hydrogen-bond donors (Lipinski definition) is 14. The van der Waals surface area contributed by atoms with Crippen LogP contribution in [0, 0.1) is 50.2 Å². The molecule has 1 unspecified atom stereocenters. The van der Waals surface area contributed by atoms with Crippen LogP contribution in [-0.4, -0.2) is 256 Å². The number of aliphatic carboxylic acids is 1. The SMILES string of the molecule is C/C=C(/C)C(=O)O[C@@H]1[C@H](OC(C)=O)[C@]2(CO)[C@H](O)C[C@]3(C)C(=CC[C@@H]4[C@@]5(C)CC[C@H](O[C@@H]6O[C@H](C(=O)O)[C@@H](O)[C@H](O[C@@H]7O[C@H](CO)[C@H](O)[C@H](O)[C@H]7O[C@@H]7O[C@@H](C)[C@H](O)[C@@H](O)[C@H]7O)[C@H]6O[C@@H]6O[C@H](CO)[C@@H](O)[C@H](O)[C@H]6O)C(C)(C)C5CC[C@]43C)[C@@H]2CC1(C)C. The lowest BCUT2D eigenvalue weighted by Gasteiger charge is -2.72. The van der Waals surface area contributed by atoms with Crippen molar-refractivity contribution in [2.75, 3.05) is 19.8 Å². The first-order chi connectivity index (χ1) is 41.1. The third-order valence-electron chi connectivity index (χ3n) is 23.0. The van der Waals surface area contributed by atoms with Crippen LogP contribution in [0.25, 0.3) is 0 Å². The molecule has 4 heterocycles. The molecule has 0 aromatic carbocycles. The van der Waals surface area contributed by atoms with E-state index in [2.05, 4.69) is 26.8 Å². The number of carboxylic acid groups (broad SMARTS) is 1. The fraction of sp³-hybridized carbons (Fsp3) is 0.885. The van der Waals surface area contributed by atoms with Gasteiger partial charge in [-0.15, -0.1) is 0 Å². The van der Waals surface area contributed by atoms with Crippen molar-refractivity contribution in [1.29, 1.82) is 0 Å². The maximum atomic E-state index is 13.5. The van der Waals surface area contributed by atoms with Crippen LogP contribution in [0.15, 0.2) is 23.3 Å². The van der Waals surface area contributed by atoms with Crippen molar-refractivity contribution in [2.45, 2.75) is 268 Å². The average molecular weight is 1260 g/mol. The van der Waals surface area contributed by atoms with E-state index in [0.717, 1.165) is 5.57 Å². The normalized spacial score (nSPS) is 50.9. The van der Waals surface area contributed by atoms with Gasteiger partial charge in [-0.3, -0.25) is 4.79 Å². The van der Waals surface area contributed by atoms with Gasteiger partial charge in [0.25, 0.3) is 0 Å². The largest absolute Gasteiger partial charge is 0.479 e. The summed E-state index contributed by atoms with van der Waals surface area (Å²) >= 11 is 0. The lowest BCUT2D eigenvalue weighted by Crippen LogP contribution is -2.72. The van der Waals surface area contributed by atoms with Gasteiger partial charge in [-0.05, 0) is 105 Å². The first-order valence-electron chi connectivity index (χ1n) is 30.9. The molecule has 9 rings (SSSR count). The van der Waals surface area contributed by atoms with Crippen molar-refractivity contribution < 1.29 is 133 Å². The predicted molar refractivity (Wildman–Crippen MR) is 299 cm³/mol. The minimum Gasteiger partial charge on any atom is -0.479 e. The van der Waals surface area contributed by atoms with Crippen molar-refractivity contribution in [2.24, 2.45) is 50.2 Å². The zero-order valence-electron chi connectivity index (χ0n) is 51.9. The number of allylic oxidation sites excluding steroid dienone is 3. The molecule has 8 fully saturated rings. The zero-order valence-corrected chi connectivity index (χ0v) is 51.9. The third-order valence-corrected chi connectivity index (χ3v) is 23.0. The van der Waals surface area contributed by atoms with E-state index in [0.29, 0.717) is 44.1 Å². The topological polar surface area (TPSA) is 427 Å². The standard InChI is InChI=1S/C61H96O27/c1-12-24(2)51(78)88-48-49(80-26(4)65)61(23-64)28(19-56(48,5)6)27-13-14-32-58(9)17-16-34(57(7,8)31(58)15-18-59(32,10)60(27,11)20-33(61)66)83-55-47(87-53-42(74)39(71)36(68)29(21-62)81-53)44(43(75)45(85-55)50(76)77)84-54-46(40(72)37(69)30(22-63)82-54)86-52-41(73)38(70)35(67)25(3)79-52/h12-13,25,28-49,52-55,62-64,66-75H,14-23H2,1-11H3,(H,76,77)/b24-12-/t25-,28-,29+,30+,31?,32+,33+,34-,35-,36+,37-,38+,39-,40-,41+,42+,43-,44-,45-,46+,47+,48+,49-,52-,53-,54-,55+,58-,59+,60+,61-/m0/s1. The lowest BCUT2D eigenvalue weighted by molar-refractivity contribution is -0.406. The summed E-state index contributed by atoms with van der Waals surface area (Å²) in [6.45, 7) is 18.1. The number of rotatable bonds is 15. The highest BCUT2D eigenvalue weighted by Crippen LogP contribution is 2.76. The van der Waals surface area contributed by atoms with Gasteiger partial charge in [-0.25, -0.2) is 9.59 Å². The third kappa shape index (κ3) is 11.3. The molecule has 27 nitrogen and oxygen atoms in total. The molecule has 0 radical (unpaired) electrons. The van der Waals surface area contributed by atoms with E-state index in [4.69, 9.17) is 47.4 Å². The highest BCUT2D eigenvalue weighted by atomic mass is 16.8. The van der Waals surface area contributed by atoms with Gasteiger partial charge < -0.3 is 119 Å². The van der Waals surface area contributed by atoms with E-state index < -0.39 is 223 Å². The average Bonchev–Trinajstić information content (AvgIpc) is 0.673. The molecule has 0 aromatic rings. The van der Waals surface area contributed by atoms with Crippen LogP contribution in [0.1, 0.15) is 121 Å². The summed E-state index contributed by atoms with van der Waals surface area (Å²) in [6, 6.07) is 0. The fourth-order valence-corrected chi connectivity index (χ4v) is 17.6. The molecule has 5 aliphatic carbocycles. The Morgan fingerprint density at radius 3 is 1.77 bits per heavy atom. The number of ether oxygens (including phenoxy) is 10. The van der Waals surface area contributed by atoms with E-state index >= 15 is 0 Å². The molecular formula is C61H96O27. The molecule has 4 saturated heterocycles. The molecule has 88 heavy (non-hydrogen) atoms. The van der Waals surface area contributed by atoms with Gasteiger partial charge in [0.05, 0.1) is 43.5 Å². The molecule has 0 amide bonds. The lowest BCUT2D eigenvalue weighted by atomic mass is 9.33. The summed E-state index contributed by atoms with van der Waals surface area (Å²) in [7, 11) is 0. The molecule has 4 aliphatic heterocycles. The predicted octanol–water partition coefficient (Wildman–Crippen LogP) is -1.44. The number of carbonyl (C=O) groups excluding carboxylic acids is 2. The molecule has 0 aromatic heterocycles. The number of carboxylic acids is 1. The monoisotopic (exact) mass is 1260 g/mol. The minimum absolute atomic E-state index is 0.0311. The Hall–Kier alpha value is -2.95. The summed E-state index contributed by atoms with van der Waals surface area (Å²) in [5, 5.41) is 156. The highest BCUT2D eigenvalue weighted by molar-refractivity contribution is 5.87. The van der Waals surface area contributed by atoms with Crippen LogP contribution >= 0.6 is 0 Å². The van der Waals surface area contributed by atoms with Crippen molar-refractivity contribution in [3.63, 3.8) is 0 Å². The molecule has 27 heteroatoms. The van der Waals surface area contributed by atoms with E-state index in [1.165, 1.54) is 13.8 Å². The first kappa shape index (κ1) is 69.4. The van der Waals surface area contributed by atoms with E-state index in [1.807, 2.05) is 27.7 Å². The van der Waals surface area contributed by atoms with E-state index in [-0.39, 0.29) is 18.3 Å². The molecule has 0 bridgehead atoms. The molecule has 9 aliphatic rings. The Morgan fingerprint density at radius 1 is 0.614 bits per heavy atom. The second-order valence-electron chi connectivity index (χ2n) is 28.5. The van der Waals surface area contributed by atoms with Crippen LogP contribution in [0.4, 0.5) is 0 Å². The summed E-state index contributed by atoms with van der Waals surface area (Å²) < 4.78 is 61.5. The van der Waals surface area contributed by atoms with Gasteiger partial charge in [-0.2, -0.15) is 0 Å². The summed E-state index contributed by atoms with van der Waals surface area (Å²) in [5.41, 5.74) is -3.32. The molecule has 502 valence electrons. The second kappa shape index (κ2) is 25.4. The Morgan fingerprint density at radius 2 is 1.18 bits per heavy atom.